The highest BCUT2D eigenvalue weighted by Gasteiger charge is 2.16. The van der Waals surface area contributed by atoms with Gasteiger partial charge >= 0.3 is 4.87 Å². The molecule has 0 atom stereocenters. The minimum Gasteiger partial charge on any atom is -0.486 e. The van der Waals surface area contributed by atoms with Gasteiger partial charge in [-0.05, 0) is 31.0 Å². The van der Waals surface area contributed by atoms with Gasteiger partial charge in [0.1, 0.15) is 13.2 Å². The molecule has 2 heterocycles. The van der Waals surface area contributed by atoms with Crippen molar-refractivity contribution < 1.29 is 14.3 Å². The van der Waals surface area contributed by atoms with Gasteiger partial charge in [0.2, 0.25) is 5.91 Å². The molecule has 8 heteroatoms. The first-order valence-corrected chi connectivity index (χ1v) is 9.30. The summed E-state index contributed by atoms with van der Waals surface area (Å²) < 4.78 is 12.6. The Morgan fingerprint density at radius 3 is 2.92 bits per heavy atom. The van der Waals surface area contributed by atoms with E-state index in [9.17, 15) is 9.59 Å². The number of rotatable bonds is 6. The first-order valence-electron chi connectivity index (χ1n) is 8.04. The maximum absolute atomic E-state index is 12.0. The zero-order chi connectivity index (χ0) is 17.8. The van der Waals surface area contributed by atoms with E-state index in [0.29, 0.717) is 49.2 Å². The molecule has 1 aliphatic heterocycles. The van der Waals surface area contributed by atoms with Gasteiger partial charge in [-0.25, -0.2) is 0 Å². The van der Waals surface area contributed by atoms with E-state index in [1.54, 1.807) is 9.95 Å². The quantitative estimate of drug-likeness (QED) is 0.832. The molecule has 0 bridgehead atoms. The van der Waals surface area contributed by atoms with Gasteiger partial charge in [0.15, 0.2) is 11.5 Å². The van der Waals surface area contributed by atoms with Crippen LogP contribution in [0.15, 0.2) is 22.3 Å². The molecule has 0 fully saturated rings. The number of fused-ring (bicyclic) bond motifs is 1. The third-order valence-electron chi connectivity index (χ3n) is 3.93. The maximum atomic E-state index is 12.0. The Kier molecular flexibility index (Phi) is 5.65. The molecule has 1 N–H and O–H groups in total. The molecule has 0 saturated carbocycles. The monoisotopic (exact) mass is 382 g/mol. The van der Waals surface area contributed by atoms with E-state index in [2.05, 4.69) is 5.32 Å². The molecule has 6 nitrogen and oxygen atoms in total. The number of benzene rings is 1. The van der Waals surface area contributed by atoms with Crippen LogP contribution in [-0.4, -0.2) is 30.2 Å². The Morgan fingerprint density at radius 2 is 2.16 bits per heavy atom. The molecular formula is C17H19ClN2O4S. The molecule has 1 aliphatic rings. The predicted octanol–water partition coefficient (Wildman–Crippen LogP) is 2.39. The summed E-state index contributed by atoms with van der Waals surface area (Å²) >= 11 is 7.35. The number of thiazole rings is 1. The van der Waals surface area contributed by atoms with Crippen molar-refractivity contribution in [1.82, 2.24) is 9.88 Å². The van der Waals surface area contributed by atoms with Crippen LogP contribution < -0.4 is 19.7 Å². The van der Waals surface area contributed by atoms with Crippen LogP contribution in [0.1, 0.15) is 17.7 Å². The molecule has 3 rings (SSSR count). The number of carbonyl (C=O) groups excluding carboxylic acids is 1. The molecule has 0 spiro atoms. The predicted molar refractivity (Wildman–Crippen MR) is 97.1 cm³/mol. The molecule has 134 valence electrons. The van der Waals surface area contributed by atoms with Gasteiger partial charge in [0.25, 0.3) is 0 Å². The second-order valence-corrected chi connectivity index (χ2v) is 6.97. The van der Waals surface area contributed by atoms with Gasteiger partial charge in [-0.3, -0.25) is 9.59 Å². The Morgan fingerprint density at radius 1 is 1.36 bits per heavy atom. The van der Waals surface area contributed by atoms with Crippen LogP contribution in [0.3, 0.4) is 0 Å². The van der Waals surface area contributed by atoms with Crippen molar-refractivity contribution in [2.24, 2.45) is 0 Å². The van der Waals surface area contributed by atoms with Gasteiger partial charge in [-0.2, -0.15) is 0 Å². The van der Waals surface area contributed by atoms with Crippen molar-refractivity contribution in [2.45, 2.75) is 26.3 Å². The van der Waals surface area contributed by atoms with Gasteiger partial charge in [-0.15, -0.1) is 0 Å². The second-order valence-electron chi connectivity index (χ2n) is 5.75. The first-order chi connectivity index (χ1) is 12.0. The number of hydrogen-bond donors (Lipinski definition) is 1. The van der Waals surface area contributed by atoms with Gasteiger partial charge in [-0.1, -0.05) is 22.9 Å². The maximum Gasteiger partial charge on any atom is 0.307 e. The summed E-state index contributed by atoms with van der Waals surface area (Å²) in [7, 11) is 0. The van der Waals surface area contributed by atoms with Crippen molar-refractivity contribution in [3.8, 4) is 11.5 Å². The van der Waals surface area contributed by atoms with Crippen molar-refractivity contribution in [1.29, 1.82) is 0 Å². The molecular weight excluding hydrogens is 364 g/mol. The standard InChI is InChI=1S/C17H19ClN2O4S/c1-11-10-25-17(22)20(11)5-3-15(21)19-4-2-12-8-13(18)16-14(9-12)23-6-7-24-16/h8-10H,2-7H2,1H3,(H,19,21). The van der Waals surface area contributed by atoms with E-state index in [-0.39, 0.29) is 17.2 Å². The number of halogens is 1. The zero-order valence-corrected chi connectivity index (χ0v) is 15.4. The smallest absolute Gasteiger partial charge is 0.307 e. The Labute approximate surface area is 154 Å². The number of aromatic nitrogens is 1. The summed E-state index contributed by atoms with van der Waals surface area (Å²) in [5.41, 5.74) is 1.85. The summed E-state index contributed by atoms with van der Waals surface area (Å²) in [5.74, 6) is 1.14. The van der Waals surface area contributed by atoms with Crippen LogP contribution in [0, 0.1) is 6.92 Å². The molecule has 0 radical (unpaired) electrons. The van der Waals surface area contributed by atoms with Crippen molar-refractivity contribution in [2.75, 3.05) is 19.8 Å². The summed E-state index contributed by atoms with van der Waals surface area (Å²) in [6, 6.07) is 3.72. The van der Waals surface area contributed by atoms with E-state index >= 15 is 0 Å². The van der Waals surface area contributed by atoms with E-state index < -0.39 is 0 Å². The Hall–Kier alpha value is -1.99. The molecule has 25 heavy (non-hydrogen) atoms. The SMILES string of the molecule is Cc1csc(=O)n1CCC(=O)NCCc1cc(Cl)c2c(c1)OCCO2. The highest BCUT2D eigenvalue weighted by Crippen LogP contribution is 2.38. The summed E-state index contributed by atoms with van der Waals surface area (Å²) in [6.07, 6.45) is 0.916. The van der Waals surface area contributed by atoms with E-state index in [0.717, 1.165) is 22.6 Å². The van der Waals surface area contributed by atoms with Gasteiger partial charge < -0.3 is 19.4 Å². The zero-order valence-electron chi connectivity index (χ0n) is 13.8. The number of nitrogens with zero attached hydrogens (tertiary/aromatic N) is 1. The topological polar surface area (TPSA) is 69.6 Å². The van der Waals surface area contributed by atoms with Crippen LogP contribution >= 0.6 is 22.9 Å². The number of hydrogen-bond acceptors (Lipinski definition) is 5. The van der Waals surface area contributed by atoms with Gasteiger partial charge in [0, 0.05) is 30.6 Å². The third-order valence-corrected chi connectivity index (χ3v) is 5.09. The largest absolute Gasteiger partial charge is 0.486 e. The lowest BCUT2D eigenvalue weighted by atomic mass is 10.1. The van der Waals surface area contributed by atoms with Crippen LogP contribution in [0.2, 0.25) is 5.02 Å². The van der Waals surface area contributed by atoms with Crippen molar-refractivity contribution >= 4 is 28.8 Å². The summed E-state index contributed by atoms with van der Waals surface area (Å²) in [6.45, 7) is 3.75. The molecule has 2 aromatic rings. The van der Waals surface area contributed by atoms with Crippen LogP contribution in [0.4, 0.5) is 0 Å². The normalized spacial score (nSPS) is 12.9. The molecule has 1 amide bonds. The van der Waals surface area contributed by atoms with Crippen LogP contribution in [-0.2, 0) is 17.8 Å². The highest BCUT2D eigenvalue weighted by atomic mass is 35.5. The molecule has 0 unspecified atom stereocenters. The van der Waals surface area contributed by atoms with E-state index in [1.807, 2.05) is 19.1 Å². The highest BCUT2D eigenvalue weighted by molar-refractivity contribution is 7.07. The van der Waals surface area contributed by atoms with Crippen LogP contribution in [0.25, 0.3) is 0 Å². The number of ether oxygens (including phenoxy) is 2. The Balaban J connectivity index is 1.49. The minimum absolute atomic E-state index is 0.0313. The number of aryl methyl sites for hydroxylation is 1. The average Bonchev–Trinajstić information content (AvgIpc) is 2.91. The lowest BCUT2D eigenvalue weighted by molar-refractivity contribution is -0.121. The fraction of sp³-hybridized carbons (Fsp3) is 0.412. The van der Waals surface area contributed by atoms with E-state index in [1.165, 1.54) is 0 Å². The lowest BCUT2D eigenvalue weighted by Crippen LogP contribution is -2.28. The van der Waals surface area contributed by atoms with Crippen LogP contribution in [0.5, 0.6) is 11.5 Å². The van der Waals surface area contributed by atoms with Crippen molar-refractivity contribution in [3.05, 3.63) is 43.5 Å². The summed E-state index contributed by atoms with van der Waals surface area (Å²) in [4.78, 5) is 23.5. The average molecular weight is 383 g/mol. The number of amides is 1. The molecule has 1 aromatic carbocycles. The Bertz CT molecular complexity index is 831. The fourth-order valence-electron chi connectivity index (χ4n) is 2.63. The second kappa shape index (κ2) is 7.93. The molecule has 0 aliphatic carbocycles. The lowest BCUT2D eigenvalue weighted by Gasteiger charge is -2.20. The summed E-state index contributed by atoms with van der Waals surface area (Å²) in [5, 5.41) is 5.18. The minimum atomic E-state index is -0.0823. The molecule has 0 saturated heterocycles. The van der Waals surface area contributed by atoms with Gasteiger partial charge in [0.05, 0.1) is 5.02 Å². The van der Waals surface area contributed by atoms with E-state index in [4.69, 9.17) is 21.1 Å². The number of carbonyl (C=O) groups is 1. The number of nitrogens with one attached hydrogen (secondary N) is 1. The van der Waals surface area contributed by atoms with Crippen molar-refractivity contribution in [3.63, 3.8) is 0 Å². The first kappa shape index (κ1) is 17.8. The molecule has 1 aromatic heterocycles. The fourth-order valence-corrected chi connectivity index (χ4v) is 3.68. The third kappa shape index (κ3) is 4.35.